The molecule has 8 heteroatoms. The van der Waals surface area contributed by atoms with Gasteiger partial charge in [-0.05, 0) is 25.1 Å². The monoisotopic (exact) mass is 349 g/mol. The van der Waals surface area contributed by atoms with Crippen LogP contribution >= 0.6 is 0 Å². The van der Waals surface area contributed by atoms with Gasteiger partial charge >= 0.3 is 6.09 Å². The Morgan fingerprint density at radius 1 is 1.24 bits per heavy atom. The third-order valence-electron chi connectivity index (χ3n) is 4.47. The van der Waals surface area contributed by atoms with Crippen molar-refractivity contribution in [1.29, 1.82) is 0 Å². The Morgan fingerprint density at radius 2 is 1.96 bits per heavy atom. The number of carbonyl (C=O) groups excluding carboxylic acids is 3. The summed E-state index contributed by atoms with van der Waals surface area (Å²) in [5.74, 6) is -1.18. The summed E-state index contributed by atoms with van der Waals surface area (Å²) in [6.45, 7) is 3.92. The van der Waals surface area contributed by atoms with Gasteiger partial charge in [0.15, 0.2) is 0 Å². The van der Waals surface area contributed by atoms with Crippen LogP contribution in [0.25, 0.3) is 0 Å². The van der Waals surface area contributed by atoms with Gasteiger partial charge in [-0.2, -0.15) is 0 Å². The Morgan fingerprint density at radius 3 is 2.60 bits per heavy atom. The normalized spacial score (nSPS) is 21.8. The molecular weight excluding hydrogens is 329 g/mol. The number of ether oxygens (including phenoxy) is 1. The molecule has 0 aromatic heterocycles. The van der Waals surface area contributed by atoms with Gasteiger partial charge in [0.25, 0.3) is 5.91 Å². The van der Waals surface area contributed by atoms with Crippen molar-refractivity contribution in [2.75, 3.05) is 37.7 Å². The summed E-state index contributed by atoms with van der Waals surface area (Å²) in [4.78, 5) is 41.2. The van der Waals surface area contributed by atoms with Gasteiger partial charge in [-0.3, -0.25) is 14.5 Å². The van der Waals surface area contributed by atoms with Gasteiger partial charge in [-0.1, -0.05) is 6.07 Å². The molecule has 1 aromatic rings. The SMILES string of the molecule is CCOC(=O)N1CCN([C@@H]2CC(=O)N(c3cccc(F)c3)C2=O)CC1. The molecule has 0 saturated carbocycles. The van der Waals surface area contributed by atoms with Crippen molar-refractivity contribution in [1.82, 2.24) is 9.80 Å². The third-order valence-corrected chi connectivity index (χ3v) is 4.47. The Bertz CT molecular complexity index is 688. The first-order valence-electron chi connectivity index (χ1n) is 8.29. The van der Waals surface area contributed by atoms with Crippen LogP contribution in [0.15, 0.2) is 24.3 Å². The lowest BCUT2D eigenvalue weighted by atomic mass is 10.2. The molecule has 25 heavy (non-hydrogen) atoms. The van der Waals surface area contributed by atoms with E-state index in [1.54, 1.807) is 17.9 Å². The maximum Gasteiger partial charge on any atom is 0.409 e. The standard InChI is InChI=1S/C17H20FN3O4/c1-2-25-17(24)20-8-6-19(7-9-20)14-11-15(22)21(16(14)23)13-5-3-4-12(18)10-13/h3-5,10,14H,2,6-9,11H2,1H3/t14-/m1/s1. The largest absolute Gasteiger partial charge is 0.450 e. The maximum absolute atomic E-state index is 13.4. The number of benzene rings is 1. The highest BCUT2D eigenvalue weighted by molar-refractivity contribution is 6.22. The highest BCUT2D eigenvalue weighted by Crippen LogP contribution is 2.26. The third kappa shape index (κ3) is 3.48. The molecule has 0 bridgehead atoms. The second-order valence-electron chi connectivity index (χ2n) is 5.99. The van der Waals surface area contributed by atoms with Gasteiger partial charge in [0.1, 0.15) is 5.82 Å². The number of anilines is 1. The zero-order chi connectivity index (χ0) is 18.0. The van der Waals surface area contributed by atoms with Crippen LogP contribution in [-0.4, -0.2) is 66.5 Å². The second-order valence-corrected chi connectivity index (χ2v) is 5.99. The Labute approximate surface area is 144 Å². The fraction of sp³-hybridized carbons (Fsp3) is 0.471. The molecule has 0 spiro atoms. The molecule has 1 aromatic carbocycles. The molecule has 7 nitrogen and oxygen atoms in total. The summed E-state index contributed by atoms with van der Waals surface area (Å²) < 4.78 is 18.4. The Kier molecular flexibility index (Phi) is 4.98. The predicted molar refractivity (Wildman–Crippen MR) is 87.5 cm³/mol. The highest BCUT2D eigenvalue weighted by atomic mass is 19.1. The Hall–Kier alpha value is -2.48. The van der Waals surface area contributed by atoms with Gasteiger partial charge < -0.3 is 9.64 Å². The van der Waals surface area contributed by atoms with Crippen molar-refractivity contribution in [2.24, 2.45) is 0 Å². The molecule has 2 fully saturated rings. The number of nitrogens with zero attached hydrogens (tertiary/aromatic N) is 3. The van der Waals surface area contributed by atoms with Crippen LogP contribution in [0.4, 0.5) is 14.9 Å². The van der Waals surface area contributed by atoms with E-state index in [-0.39, 0.29) is 30.0 Å². The maximum atomic E-state index is 13.4. The first-order chi connectivity index (χ1) is 12.0. The number of hydrogen-bond acceptors (Lipinski definition) is 5. The van der Waals surface area contributed by atoms with Crippen LogP contribution in [0, 0.1) is 5.82 Å². The van der Waals surface area contributed by atoms with E-state index in [1.165, 1.54) is 18.2 Å². The lowest BCUT2D eigenvalue weighted by Crippen LogP contribution is -2.54. The topological polar surface area (TPSA) is 70.2 Å². The zero-order valence-corrected chi connectivity index (χ0v) is 14.0. The predicted octanol–water partition coefficient (Wildman–Crippen LogP) is 1.23. The molecule has 3 amide bonds. The molecule has 0 aliphatic carbocycles. The van der Waals surface area contributed by atoms with Crippen molar-refractivity contribution in [2.45, 2.75) is 19.4 Å². The molecule has 134 valence electrons. The average Bonchev–Trinajstić information content (AvgIpc) is 2.90. The zero-order valence-electron chi connectivity index (χ0n) is 14.0. The van der Waals surface area contributed by atoms with E-state index >= 15 is 0 Å². The lowest BCUT2D eigenvalue weighted by molar-refractivity contribution is -0.123. The quantitative estimate of drug-likeness (QED) is 0.768. The van der Waals surface area contributed by atoms with E-state index in [4.69, 9.17) is 4.74 Å². The minimum absolute atomic E-state index is 0.0642. The fourth-order valence-electron chi connectivity index (χ4n) is 3.22. The number of imide groups is 1. The van der Waals surface area contributed by atoms with E-state index < -0.39 is 11.9 Å². The summed E-state index contributed by atoms with van der Waals surface area (Å²) >= 11 is 0. The molecule has 0 N–H and O–H groups in total. The lowest BCUT2D eigenvalue weighted by Gasteiger charge is -2.36. The van der Waals surface area contributed by atoms with Crippen molar-refractivity contribution in [3.8, 4) is 0 Å². The van der Waals surface area contributed by atoms with E-state index in [2.05, 4.69) is 0 Å². The minimum atomic E-state index is -0.569. The van der Waals surface area contributed by atoms with E-state index in [9.17, 15) is 18.8 Å². The minimum Gasteiger partial charge on any atom is -0.450 e. The number of rotatable bonds is 3. The van der Waals surface area contributed by atoms with Gasteiger partial charge in [0, 0.05) is 26.2 Å². The molecule has 0 radical (unpaired) electrons. The first kappa shape index (κ1) is 17.3. The van der Waals surface area contributed by atoms with Gasteiger partial charge in [0.05, 0.1) is 24.8 Å². The molecule has 3 rings (SSSR count). The average molecular weight is 349 g/mol. The molecule has 0 unspecified atom stereocenters. The highest BCUT2D eigenvalue weighted by Gasteiger charge is 2.43. The number of amides is 3. The number of hydrogen-bond donors (Lipinski definition) is 0. The summed E-state index contributed by atoms with van der Waals surface area (Å²) in [6.07, 6.45) is -0.299. The summed E-state index contributed by atoms with van der Waals surface area (Å²) in [7, 11) is 0. The molecule has 2 heterocycles. The summed E-state index contributed by atoms with van der Waals surface area (Å²) in [5, 5.41) is 0. The Balaban J connectivity index is 1.66. The van der Waals surface area contributed by atoms with Crippen LogP contribution in [0.2, 0.25) is 0 Å². The van der Waals surface area contributed by atoms with Crippen molar-refractivity contribution >= 4 is 23.6 Å². The smallest absolute Gasteiger partial charge is 0.409 e. The van der Waals surface area contributed by atoms with Crippen LogP contribution in [0.3, 0.4) is 0 Å². The van der Waals surface area contributed by atoms with Crippen LogP contribution in [0.1, 0.15) is 13.3 Å². The van der Waals surface area contributed by atoms with Gasteiger partial charge in [0.2, 0.25) is 5.91 Å². The molecule has 2 aliphatic rings. The van der Waals surface area contributed by atoms with Gasteiger partial charge in [-0.15, -0.1) is 0 Å². The molecule has 2 saturated heterocycles. The van der Waals surface area contributed by atoms with Crippen molar-refractivity contribution < 1.29 is 23.5 Å². The van der Waals surface area contributed by atoms with E-state index in [0.717, 1.165) is 4.90 Å². The number of halogens is 1. The number of carbonyl (C=O) groups is 3. The van der Waals surface area contributed by atoms with E-state index in [0.29, 0.717) is 32.8 Å². The summed E-state index contributed by atoms with van der Waals surface area (Å²) in [5.41, 5.74) is 0.252. The van der Waals surface area contributed by atoms with Crippen LogP contribution in [0.5, 0.6) is 0 Å². The van der Waals surface area contributed by atoms with Crippen molar-refractivity contribution in [3.63, 3.8) is 0 Å². The van der Waals surface area contributed by atoms with Crippen molar-refractivity contribution in [3.05, 3.63) is 30.1 Å². The number of piperazine rings is 1. The second kappa shape index (κ2) is 7.18. The van der Waals surface area contributed by atoms with E-state index in [1.807, 2.05) is 4.90 Å². The molecule has 1 atom stereocenters. The molecular formula is C17H20FN3O4. The summed E-state index contributed by atoms with van der Waals surface area (Å²) in [6, 6.07) is 4.88. The molecule has 2 aliphatic heterocycles. The van der Waals surface area contributed by atoms with Crippen LogP contribution in [-0.2, 0) is 14.3 Å². The first-order valence-corrected chi connectivity index (χ1v) is 8.29. The fourth-order valence-corrected chi connectivity index (χ4v) is 3.22. The van der Waals surface area contributed by atoms with Gasteiger partial charge in [-0.25, -0.2) is 14.1 Å². The van der Waals surface area contributed by atoms with Crippen LogP contribution < -0.4 is 4.90 Å².